The van der Waals surface area contributed by atoms with Gasteiger partial charge in [-0.05, 0) is 37.4 Å². The third-order valence-corrected chi connectivity index (χ3v) is 5.54. The van der Waals surface area contributed by atoms with E-state index in [4.69, 9.17) is 17.2 Å². The van der Waals surface area contributed by atoms with Gasteiger partial charge >= 0.3 is 5.97 Å². The van der Waals surface area contributed by atoms with Crippen molar-refractivity contribution >= 4 is 40.5 Å². The molecule has 0 bridgehead atoms. The van der Waals surface area contributed by atoms with Crippen LogP contribution in [0.3, 0.4) is 0 Å². The summed E-state index contributed by atoms with van der Waals surface area (Å²) >= 11 is 0. The Hall–Kier alpha value is -3.97. The van der Waals surface area contributed by atoms with Crippen molar-refractivity contribution in [3.8, 4) is 0 Å². The number of primary amides is 1. The van der Waals surface area contributed by atoms with E-state index in [2.05, 4.69) is 20.9 Å². The van der Waals surface area contributed by atoms with Gasteiger partial charge in [0.15, 0.2) is 0 Å². The molecule has 1 heterocycles. The first-order valence-electron chi connectivity index (χ1n) is 11.5. The van der Waals surface area contributed by atoms with Crippen molar-refractivity contribution in [3.63, 3.8) is 0 Å². The lowest BCUT2D eigenvalue weighted by atomic mass is 10.0. The lowest BCUT2D eigenvalue weighted by Crippen LogP contribution is -2.57. The zero-order chi connectivity index (χ0) is 26.7. The molecule has 0 aliphatic heterocycles. The number of aliphatic carboxylic acids is 1. The van der Waals surface area contributed by atoms with E-state index in [0.29, 0.717) is 19.4 Å². The summed E-state index contributed by atoms with van der Waals surface area (Å²) in [6, 6.07) is 3.54. The first-order valence-corrected chi connectivity index (χ1v) is 11.5. The van der Waals surface area contributed by atoms with Gasteiger partial charge in [-0.3, -0.25) is 19.2 Å². The van der Waals surface area contributed by atoms with Crippen LogP contribution in [0.15, 0.2) is 30.5 Å². The van der Waals surface area contributed by atoms with E-state index in [1.54, 1.807) is 6.20 Å². The molecule has 0 spiro atoms. The Morgan fingerprint density at radius 3 is 2.22 bits per heavy atom. The summed E-state index contributed by atoms with van der Waals surface area (Å²) in [5, 5.41) is 17.5. The van der Waals surface area contributed by atoms with Gasteiger partial charge in [-0.1, -0.05) is 18.2 Å². The number of para-hydroxylation sites is 1. The second-order valence-corrected chi connectivity index (χ2v) is 8.30. The molecular formula is C23H33N7O6. The van der Waals surface area contributed by atoms with E-state index < -0.39 is 54.1 Å². The normalized spacial score (nSPS) is 13.4. The molecule has 0 aliphatic rings. The summed E-state index contributed by atoms with van der Waals surface area (Å²) in [4.78, 5) is 64.2. The van der Waals surface area contributed by atoms with Gasteiger partial charge in [0, 0.05) is 23.5 Å². The highest BCUT2D eigenvalue weighted by Crippen LogP contribution is 2.19. The van der Waals surface area contributed by atoms with Gasteiger partial charge in [0.05, 0.1) is 13.0 Å². The Morgan fingerprint density at radius 2 is 1.58 bits per heavy atom. The van der Waals surface area contributed by atoms with E-state index >= 15 is 0 Å². The zero-order valence-electron chi connectivity index (χ0n) is 19.8. The van der Waals surface area contributed by atoms with Gasteiger partial charge in [0.2, 0.25) is 23.6 Å². The number of aromatic amines is 1. The summed E-state index contributed by atoms with van der Waals surface area (Å²) in [6.07, 6.45) is 2.33. The highest BCUT2D eigenvalue weighted by atomic mass is 16.4. The predicted molar refractivity (Wildman–Crippen MR) is 131 cm³/mol. The quantitative estimate of drug-likeness (QED) is 0.129. The third-order valence-electron chi connectivity index (χ3n) is 5.54. The van der Waals surface area contributed by atoms with Crippen LogP contribution in [0.5, 0.6) is 0 Å². The zero-order valence-corrected chi connectivity index (χ0v) is 19.8. The number of carbonyl (C=O) groups excluding carboxylic acids is 4. The number of amides is 4. The Labute approximate surface area is 207 Å². The minimum absolute atomic E-state index is 0.0589. The van der Waals surface area contributed by atoms with Crippen molar-refractivity contribution in [2.75, 3.05) is 13.1 Å². The maximum Gasteiger partial charge on any atom is 0.326 e. The number of hydrogen-bond acceptors (Lipinski definition) is 7. The second kappa shape index (κ2) is 13.8. The van der Waals surface area contributed by atoms with Gasteiger partial charge in [-0.25, -0.2) is 4.79 Å². The lowest BCUT2D eigenvalue weighted by Gasteiger charge is -2.24. The fourth-order valence-electron chi connectivity index (χ4n) is 3.69. The minimum Gasteiger partial charge on any atom is -0.480 e. The van der Waals surface area contributed by atoms with Crippen LogP contribution in [-0.4, -0.2) is 70.9 Å². The fourth-order valence-corrected chi connectivity index (χ4v) is 3.69. The smallest absolute Gasteiger partial charge is 0.326 e. The molecule has 0 radical (unpaired) electrons. The number of fused-ring (bicyclic) bond motifs is 1. The first-order chi connectivity index (χ1) is 17.2. The van der Waals surface area contributed by atoms with Crippen LogP contribution in [0.4, 0.5) is 0 Å². The van der Waals surface area contributed by atoms with Crippen molar-refractivity contribution in [1.29, 1.82) is 0 Å². The minimum atomic E-state index is -1.45. The largest absolute Gasteiger partial charge is 0.480 e. The number of rotatable bonds is 15. The molecule has 13 heteroatoms. The number of nitrogens with one attached hydrogen (secondary N) is 4. The molecule has 36 heavy (non-hydrogen) atoms. The average Bonchev–Trinajstić information content (AvgIpc) is 3.24. The Balaban J connectivity index is 2.21. The van der Waals surface area contributed by atoms with E-state index in [0.717, 1.165) is 16.5 Å². The maximum absolute atomic E-state index is 13.1. The van der Waals surface area contributed by atoms with E-state index in [1.807, 2.05) is 24.3 Å². The van der Waals surface area contributed by atoms with Crippen molar-refractivity contribution in [2.24, 2.45) is 17.2 Å². The number of unbranched alkanes of at least 4 members (excludes halogenated alkanes) is 1. The number of carbonyl (C=O) groups is 5. The molecule has 0 saturated heterocycles. The summed E-state index contributed by atoms with van der Waals surface area (Å²) in [7, 11) is 0. The molecule has 13 nitrogen and oxygen atoms in total. The molecule has 0 saturated carbocycles. The van der Waals surface area contributed by atoms with Gasteiger partial charge < -0.3 is 43.2 Å². The molecule has 196 valence electrons. The van der Waals surface area contributed by atoms with E-state index in [1.165, 1.54) is 0 Å². The molecule has 1 aromatic carbocycles. The molecule has 0 fully saturated rings. The van der Waals surface area contributed by atoms with Gasteiger partial charge in [0.1, 0.15) is 18.1 Å². The molecule has 11 N–H and O–H groups in total. The highest BCUT2D eigenvalue weighted by molar-refractivity contribution is 5.96. The first kappa shape index (κ1) is 28.3. The Morgan fingerprint density at radius 1 is 0.917 bits per heavy atom. The Kier molecular flexibility index (Phi) is 10.8. The standard InChI is InChI=1S/C23H33N7O6/c24-8-4-3-7-16(23(35)36)29-22(34)18(10-19(26)31)30-21(33)17(28-20(32)11-25)9-13-12-27-15-6-2-1-5-14(13)15/h1-2,5-6,12,16-18,27H,3-4,7-11,24-25H2,(H2,26,31)(H,28,32)(H,29,34)(H,30,33)(H,35,36). The number of benzene rings is 1. The number of carboxylic acids is 1. The van der Waals surface area contributed by atoms with Crippen LogP contribution in [0.1, 0.15) is 31.2 Å². The molecule has 1 aromatic heterocycles. The van der Waals surface area contributed by atoms with Crippen LogP contribution >= 0.6 is 0 Å². The van der Waals surface area contributed by atoms with Crippen LogP contribution in [0.25, 0.3) is 10.9 Å². The van der Waals surface area contributed by atoms with Crippen molar-refractivity contribution in [3.05, 3.63) is 36.0 Å². The van der Waals surface area contributed by atoms with Crippen molar-refractivity contribution in [2.45, 2.75) is 50.2 Å². The Bertz CT molecular complexity index is 1090. The third kappa shape index (κ3) is 8.36. The monoisotopic (exact) mass is 503 g/mol. The lowest BCUT2D eigenvalue weighted by molar-refractivity contribution is -0.142. The summed E-state index contributed by atoms with van der Waals surface area (Å²) < 4.78 is 0. The number of nitrogens with two attached hydrogens (primary N) is 3. The molecule has 3 atom stereocenters. The summed E-state index contributed by atoms with van der Waals surface area (Å²) in [5.41, 5.74) is 17.6. The second-order valence-electron chi connectivity index (χ2n) is 8.30. The molecule has 2 rings (SSSR count). The van der Waals surface area contributed by atoms with Gasteiger partial charge in [-0.15, -0.1) is 0 Å². The maximum atomic E-state index is 13.1. The SMILES string of the molecule is NCCCCC(NC(=O)C(CC(N)=O)NC(=O)C(Cc1c[nH]c2ccccc12)NC(=O)CN)C(=O)O. The number of carboxylic acid groups (broad SMARTS) is 1. The van der Waals surface area contributed by atoms with E-state index in [9.17, 15) is 29.1 Å². The van der Waals surface area contributed by atoms with Crippen LogP contribution < -0.4 is 33.2 Å². The van der Waals surface area contributed by atoms with Gasteiger partial charge in [0.25, 0.3) is 0 Å². The highest BCUT2D eigenvalue weighted by Gasteiger charge is 2.30. The molecule has 2 aromatic rings. The summed E-state index contributed by atoms with van der Waals surface area (Å²) in [6.45, 7) is -0.00105. The number of H-pyrrole nitrogens is 1. The average molecular weight is 504 g/mol. The van der Waals surface area contributed by atoms with Gasteiger partial charge in [-0.2, -0.15) is 0 Å². The van der Waals surface area contributed by atoms with Crippen LogP contribution in [0.2, 0.25) is 0 Å². The predicted octanol–water partition coefficient (Wildman–Crippen LogP) is -1.79. The van der Waals surface area contributed by atoms with Crippen LogP contribution in [-0.2, 0) is 30.4 Å². The number of aromatic nitrogens is 1. The molecule has 0 aliphatic carbocycles. The van der Waals surface area contributed by atoms with Crippen LogP contribution in [0, 0.1) is 0 Å². The van der Waals surface area contributed by atoms with Crippen molar-refractivity contribution in [1.82, 2.24) is 20.9 Å². The topological polar surface area (TPSA) is 236 Å². The fraction of sp³-hybridized carbons (Fsp3) is 0.435. The summed E-state index contributed by atoms with van der Waals surface area (Å²) in [5.74, 6) is -4.41. The molecule has 4 amide bonds. The van der Waals surface area contributed by atoms with E-state index in [-0.39, 0.29) is 19.4 Å². The molecular weight excluding hydrogens is 470 g/mol. The number of hydrogen-bond donors (Lipinski definition) is 8. The molecule has 3 unspecified atom stereocenters. The van der Waals surface area contributed by atoms with Crippen molar-refractivity contribution < 1.29 is 29.1 Å².